The van der Waals surface area contributed by atoms with E-state index in [1.165, 1.54) is 13.2 Å². The van der Waals surface area contributed by atoms with E-state index in [1.54, 1.807) is 6.07 Å². The first-order valence-corrected chi connectivity index (χ1v) is 5.46. The fourth-order valence-corrected chi connectivity index (χ4v) is 1.83. The molecule has 2 aromatic rings. The minimum absolute atomic E-state index is 0.221. The molecule has 3 nitrogen and oxygen atoms in total. The molecular formula is C13H15FN2O. The predicted octanol–water partition coefficient (Wildman–Crippen LogP) is 3.09. The Morgan fingerprint density at radius 3 is 2.59 bits per heavy atom. The first-order chi connectivity index (χ1) is 8.02. The van der Waals surface area contributed by atoms with Crippen molar-refractivity contribution in [1.82, 2.24) is 4.98 Å². The van der Waals surface area contributed by atoms with Crippen molar-refractivity contribution in [2.75, 3.05) is 12.8 Å². The number of benzene rings is 1. The Balaban J connectivity index is 2.71. The van der Waals surface area contributed by atoms with E-state index in [2.05, 4.69) is 4.98 Å². The highest BCUT2D eigenvalue weighted by Gasteiger charge is 2.11. The number of nitrogen functional groups attached to an aromatic ring is 1. The normalized spacial score (nSPS) is 11.1. The topological polar surface area (TPSA) is 48.1 Å². The van der Waals surface area contributed by atoms with Crippen molar-refractivity contribution in [3.8, 4) is 5.75 Å². The third-order valence-corrected chi connectivity index (χ3v) is 2.77. The van der Waals surface area contributed by atoms with Crippen LogP contribution in [0.15, 0.2) is 18.2 Å². The molecule has 2 N–H and O–H groups in total. The van der Waals surface area contributed by atoms with Gasteiger partial charge in [0.05, 0.1) is 12.6 Å². The van der Waals surface area contributed by atoms with Gasteiger partial charge >= 0.3 is 0 Å². The van der Waals surface area contributed by atoms with Gasteiger partial charge in [-0.2, -0.15) is 0 Å². The number of aromatic nitrogens is 1. The van der Waals surface area contributed by atoms with Gasteiger partial charge in [-0.25, -0.2) is 9.37 Å². The Morgan fingerprint density at radius 1 is 1.29 bits per heavy atom. The van der Waals surface area contributed by atoms with Crippen LogP contribution < -0.4 is 10.5 Å². The predicted molar refractivity (Wildman–Crippen MR) is 66.8 cm³/mol. The molecule has 4 heteroatoms. The minimum atomic E-state index is -0.427. The number of methoxy groups -OCH3 is 1. The lowest BCUT2D eigenvalue weighted by Crippen LogP contribution is -2.00. The molecule has 0 radical (unpaired) electrons. The standard InChI is InChI=1S/C13H15FN2O/c1-7(2)9-4-8-5-12(17-3)10(14)6-11(8)16-13(9)15/h4-7H,1-3H3,(H2,15,16). The van der Waals surface area contributed by atoms with E-state index < -0.39 is 5.82 Å². The molecule has 1 aromatic heterocycles. The fourth-order valence-electron chi connectivity index (χ4n) is 1.83. The molecule has 0 fully saturated rings. The highest BCUT2D eigenvalue weighted by molar-refractivity contribution is 5.83. The summed E-state index contributed by atoms with van der Waals surface area (Å²) in [6.45, 7) is 4.08. The van der Waals surface area contributed by atoms with Gasteiger partial charge in [0.25, 0.3) is 0 Å². The van der Waals surface area contributed by atoms with Crippen molar-refractivity contribution in [3.63, 3.8) is 0 Å². The van der Waals surface area contributed by atoms with Crippen molar-refractivity contribution >= 4 is 16.7 Å². The van der Waals surface area contributed by atoms with Gasteiger partial charge < -0.3 is 10.5 Å². The molecule has 1 heterocycles. The van der Waals surface area contributed by atoms with Crippen LogP contribution in [0.3, 0.4) is 0 Å². The van der Waals surface area contributed by atoms with E-state index in [1.807, 2.05) is 19.9 Å². The summed E-state index contributed by atoms with van der Waals surface area (Å²) in [5, 5.41) is 0.834. The van der Waals surface area contributed by atoms with E-state index >= 15 is 0 Å². The molecule has 2 rings (SSSR count). The summed E-state index contributed by atoms with van der Waals surface area (Å²) in [6.07, 6.45) is 0. The van der Waals surface area contributed by atoms with Crippen molar-refractivity contribution in [2.24, 2.45) is 0 Å². The van der Waals surface area contributed by atoms with E-state index in [0.29, 0.717) is 11.3 Å². The molecule has 0 aliphatic carbocycles. The van der Waals surface area contributed by atoms with Crippen LogP contribution in [0.1, 0.15) is 25.3 Å². The lowest BCUT2D eigenvalue weighted by atomic mass is 10.0. The van der Waals surface area contributed by atoms with E-state index in [-0.39, 0.29) is 11.7 Å². The summed E-state index contributed by atoms with van der Waals surface area (Å²) in [5.74, 6) is 0.531. The molecule has 0 saturated heterocycles. The number of nitrogens with zero attached hydrogens (tertiary/aromatic N) is 1. The first kappa shape index (κ1) is 11.6. The Hall–Kier alpha value is -1.84. The number of anilines is 1. The summed E-state index contributed by atoms with van der Waals surface area (Å²) in [5.41, 5.74) is 7.35. The maximum atomic E-state index is 13.5. The number of ether oxygens (including phenoxy) is 1. The Labute approximate surface area is 99.4 Å². The smallest absolute Gasteiger partial charge is 0.167 e. The molecule has 17 heavy (non-hydrogen) atoms. The van der Waals surface area contributed by atoms with Crippen molar-refractivity contribution < 1.29 is 9.13 Å². The molecule has 90 valence electrons. The maximum Gasteiger partial charge on any atom is 0.167 e. The van der Waals surface area contributed by atoms with Crippen LogP contribution in [0.4, 0.5) is 10.2 Å². The zero-order valence-corrected chi connectivity index (χ0v) is 10.1. The number of rotatable bonds is 2. The molecule has 0 atom stereocenters. The molecule has 0 spiro atoms. The Morgan fingerprint density at radius 2 is 2.00 bits per heavy atom. The zero-order valence-electron chi connectivity index (χ0n) is 10.1. The van der Waals surface area contributed by atoms with Gasteiger partial charge in [-0.05, 0) is 23.6 Å². The van der Waals surface area contributed by atoms with Crippen LogP contribution in [0, 0.1) is 5.82 Å². The van der Waals surface area contributed by atoms with Crippen molar-refractivity contribution in [1.29, 1.82) is 0 Å². The van der Waals surface area contributed by atoms with Crippen LogP contribution in [-0.2, 0) is 0 Å². The summed E-state index contributed by atoms with van der Waals surface area (Å²) < 4.78 is 18.5. The molecule has 0 aliphatic rings. The van der Waals surface area contributed by atoms with Crippen LogP contribution in [0.5, 0.6) is 5.75 Å². The summed E-state index contributed by atoms with van der Waals surface area (Å²) in [4.78, 5) is 4.22. The largest absolute Gasteiger partial charge is 0.494 e. The van der Waals surface area contributed by atoms with Crippen LogP contribution in [0.2, 0.25) is 0 Å². The lowest BCUT2D eigenvalue weighted by molar-refractivity contribution is 0.387. The van der Waals surface area contributed by atoms with Gasteiger partial charge in [0.1, 0.15) is 5.82 Å². The second kappa shape index (κ2) is 4.20. The average Bonchev–Trinajstić information content (AvgIpc) is 2.27. The second-order valence-electron chi connectivity index (χ2n) is 4.30. The second-order valence-corrected chi connectivity index (χ2v) is 4.30. The maximum absolute atomic E-state index is 13.5. The van der Waals surface area contributed by atoms with Gasteiger partial charge in [0.15, 0.2) is 11.6 Å². The SMILES string of the molecule is COc1cc2cc(C(C)C)c(N)nc2cc1F. The minimum Gasteiger partial charge on any atom is -0.494 e. The highest BCUT2D eigenvalue weighted by Crippen LogP contribution is 2.28. The van der Waals surface area contributed by atoms with E-state index in [0.717, 1.165) is 10.9 Å². The zero-order chi connectivity index (χ0) is 12.6. The fraction of sp³-hybridized carbons (Fsp3) is 0.308. The van der Waals surface area contributed by atoms with Gasteiger partial charge in [-0.1, -0.05) is 13.8 Å². The lowest BCUT2D eigenvalue weighted by Gasteiger charge is -2.11. The molecule has 0 amide bonds. The Kier molecular flexibility index (Phi) is 2.88. The number of nitrogens with two attached hydrogens (primary N) is 1. The van der Waals surface area contributed by atoms with Crippen molar-refractivity contribution in [3.05, 3.63) is 29.6 Å². The number of halogens is 1. The number of hydrogen-bond donors (Lipinski definition) is 1. The van der Waals surface area contributed by atoms with Crippen LogP contribution in [-0.4, -0.2) is 12.1 Å². The summed E-state index contributed by atoms with van der Waals surface area (Å²) in [6, 6.07) is 4.92. The highest BCUT2D eigenvalue weighted by atomic mass is 19.1. The molecule has 0 saturated carbocycles. The molecule has 1 aromatic carbocycles. The number of hydrogen-bond acceptors (Lipinski definition) is 3. The quantitative estimate of drug-likeness (QED) is 0.868. The third-order valence-electron chi connectivity index (χ3n) is 2.77. The molecule has 0 aliphatic heterocycles. The van der Waals surface area contributed by atoms with E-state index in [9.17, 15) is 4.39 Å². The molecule has 0 bridgehead atoms. The number of fused-ring (bicyclic) bond motifs is 1. The Bertz CT molecular complexity index is 567. The van der Waals surface area contributed by atoms with Crippen LogP contribution >= 0.6 is 0 Å². The van der Waals surface area contributed by atoms with Gasteiger partial charge in [0.2, 0.25) is 0 Å². The summed E-state index contributed by atoms with van der Waals surface area (Å²) >= 11 is 0. The van der Waals surface area contributed by atoms with Gasteiger partial charge in [-0.15, -0.1) is 0 Å². The summed E-state index contributed by atoms with van der Waals surface area (Å²) in [7, 11) is 1.44. The van der Waals surface area contributed by atoms with Gasteiger partial charge in [0, 0.05) is 11.5 Å². The average molecular weight is 234 g/mol. The molecule has 0 unspecified atom stereocenters. The number of pyridine rings is 1. The van der Waals surface area contributed by atoms with Crippen molar-refractivity contribution in [2.45, 2.75) is 19.8 Å². The third kappa shape index (κ3) is 2.02. The van der Waals surface area contributed by atoms with Crippen LogP contribution in [0.25, 0.3) is 10.9 Å². The molecular weight excluding hydrogens is 219 g/mol. The first-order valence-electron chi connectivity index (χ1n) is 5.46. The monoisotopic (exact) mass is 234 g/mol. The van der Waals surface area contributed by atoms with E-state index in [4.69, 9.17) is 10.5 Å². The van der Waals surface area contributed by atoms with Gasteiger partial charge in [-0.3, -0.25) is 0 Å².